The molecule has 1 atom stereocenters. The Labute approximate surface area is 124 Å². The number of unbranched alkanes of at least 4 members (excludes halogenated alkanes) is 1. The van der Waals surface area contributed by atoms with E-state index >= 15 is 0 Å². The predicted molar refractivity (Wildman–Crippen MR) is 81.2 cm³/mol. The smallest absolute Gasteiger partial charge is 0.326 e. The first-order valence-electron chi connectivity index (χ1n) is 5.90. The van der Waals surface area contributed by atoms with E-state index in [4.69, 9.17) is 0 Å². The van der Waals surface area contributed by atoms with E-state index in [0.29, 0.717) is 6.42 Å². The van der Waals surface area contributed by atoms with Crippen LogP contribution in [0.25, 0.3) is 0 Å². The van der Waals surface area contributed by atoms with E-state index in [0.717, 1.165) is 33.0 Å². The maximum Gasteiger partial charge on any atom is 0.326 e. The van der Waals surface area contributed by atoms with Crippen molar-refractivity contribution in [2.24, 2.45) is 0 Å². The Balaban J connectivity index is 2.90. The third kappa shape index (κ3) is 4.28. The number of aliphatic carboxylic acids is 1. The van der Waals surface area contributed by atoms with Crippen molar-refractivity contribution in [2.45, 2.75) is 39.2 Å². The van der Waals surface area contributed by atoms with Gasteiger partial charge < -0.3 is 10.4 Å². The van der Waals surface area contributed by atoms with E-state index in [-0.39, 0.29) is 0 Å². The van der Waals surface area contributed by atoms with Crippen LogP contribution in [0.4, 0.5) is 5.69 Å². The van der Waals surface area contributed by atoms with E-state index in [9.17, 15) is 9.90 Å². The molecule has 1 rings (SSSR count). The largest absolute Gasteiger partial charge is 0.480 e. The van der Waals surface area contributed by atoms with Crippen LogP contribution in [0, 0.1) is 6.92 Å². The summed E-state index contributed by atoms with van der Waals surface area (Å²) in [5, 5.41) is 12.3. The summed E-state index contributed by atoms with van der Waals surface area (Å²) in [5.74, 6) is -0.817. The monoisotopic (exact) mass is 377 g/mol. The molecular weight excluding hydrogens is 362 g/mol. The van der Waals surface area contributed by atoms with Crippen LogP contribution in [0.5, 0.6) is 0 Å². The van der Waals surface area contributed by atoms with Crippen LogP contribution in [0.15, 0.2) is 21.1 Å². The van der Waals surface area contributed by atoms with Crippen LogP contribution in [0.3, 0.4) is 0 Å². The van der Waals surface area contributed by atoms with Gasteiger partial charge in [-0.05, 0) is 62.9 Å². The van der Waals surface area contributed by atoms with Gasteiger partial charge in [0.15, 0.2) is 0 Å². The molecule has 0 fully saturated rings. The minimum Gasteiger partial charge on any atom is -0.480 e. The van der Waals surface area contributed by atoms with Gasteiger partial charge in [0.25, 0.3) is 0 Å². The number of carboxylic acid groups (broad SMARTS) is 1. The van der Waals surface area contributed by atoms with Gasteiger partial charge in [-0.1, -0.05) is 19.8 Å². The van der Waals surface area contributed by atoms with Crippen LogP contribution in [-0.2, 0) is 4.79 Å². The molecular formula is C13H17Br2NO2. The first kappa shape index (κ1) is 15.5. The van der Waals surface area contributed by atoms with Crippen LogP contribution in [0.2, 0.25) is 0 Å². The molecule has 100 valence electrons. The normalized spacial score (nSPS) is 12.2. The average Bonchev–Trinajstić information content (AvgIpc) is 2.26. The lowest BCUT2D eigenvalue weighted by Gasteiger charge is -2.18. The molecule has 0 heterocycles. The van der Waals surface area contributed by atoms with Crippen molar-refractivity contribution in [1.82, 2.24) is 0 Å². The van der Waals surface area contributed by atoms with E-state index in [1.807, 2.05) is 19.1 Å². The van der Waals surface area contributed by atoms with E-state index in [2.05, 4.69) is 44.1 Å². The first-order chi connectivity index (χ1) is 8.45. The third-order valence-corrected chi connectivity index (χ3v) is 3.90. The van der Waals surface area contributed by atoms with Crippen LogP contribution < -0.4 is 5.32 Å². The van der Waals surface area contributed by atoms with Gasteiger partial charge in [-0.2, -0.15) is 0 Å². The number of anilines is 1. The molecule has 3 nitrogen and oxygen atoms in total. The maximum atomic E-state index is 11.2. The average molecular weight is 379 g/mol. The zero-order chi connectivity index (χ0) is 13.7. The van der Waals surface area contributed by atoms with E-state index in [1.54, 1.807) is 0 Å². The Morgan fingerprint density at radius 2 is 1.94 bits per heavy atom. The fourth-order valence-corrected chi connectivity index (χ4v) is 3.32. The Bertz CT molecular complexity index is 412. The highest BCUT2D eigenvalue weighted by Gasteiger charge is 2.19. The summed E-state index contributed by atoms with van der Waals surface area (Å²) in [6.45, 7) is 4.04. The molecule has 0 saturated carbocycles. The number of rotatable bonds is 6. The molecule has 0 aliphatic carbocycles. The summed E-state index contributed by atoms with van der Waals surface area (Å²) in [6.07, 6.45) is 2.51. The first-order valence-corrected chi connectivity index (χ1v) is 7.49. The minimum absolute atomic E-state index is 0.555. The number of hydrogen-bond donors (Lipinski definition) is 2. The van der Waals surface area contributed by atoms with Crippen molar-refractivity contribution in [3.63, 3.8) is 0 Å². The third-order valence-electron chi connectivity index (χ3n) is 2.65. The van der Waals surface area contributed by atoms with Gasteiger partial charge >= 0.3 is 5.97 Å². The van der Waals surface area contributed by atoms with Gasteiger partial charge in [0, 0.05) is 8.95 Å². The van der Waals surface area contributed by atoms with Crippen LogP contribution >= 0.6 is 31.9 Å². The number of carboxylic acids is 1. The molecule has 0 amide bonds. The number of carbonyl (C=O) groups is 1. The second-order valence-electron chi connectivity index (χ2n) is 4.28. The molecule has 0 aliphatic rings. The Kier molecular flexibility index (Phi) is 6.15. The molecule has 0 radical (unpaired) electrons. The summed E-state index contributed by atoms with van der Waals surface area (Å²) in [6, 6.07) is 3.37. The zero-order valence-electron chi connectivity index (χ0n) is 10.5. The van der Waals surface area contributed by atoms with Crippen molar-refractivity contribution in [3.05, 3.63) is 26.6 Å². The number of halogens is 2. The minimum atomic E-state index is -0.817. The molecule has 0 spiro atoms. The summed E-state index contributed by atoms with van der Waals surface area (Å²) >= 11 is 6.92. The Hall–Kier alpha value is -0.550. The molecule has 1 aromatic carbocycles. The van der Waals surface area contributed by atoms with E-state index < -0.39 is 12.0 Å². The number of benzene rings is 1. The zero-order valence-corrected chi connectivity index (χ0v) is 13.6. The lowest BCUT2D eigenvalue weighted by Crippen LogP contribution is -2.29. The maximum absolute atomic E-state index is 11.2. The molecule has 1 unspecified atom stereocenters. The molecule has 0 aromatic heterocycles. The molecule has 18 heavy (non-hydrogen) atoms. The fourth-order valence-electron chi connectivity index (χ4n) is 1.68. The standard InChI is InChI=1S/C13H17Br2NO2/c1-3-4-5-11(13(17)18)16-12-9(14)6-8(2)7-10(12)15/h6-7,11,16H,3-5H2,1-2H3,(H,17,18). The quantitative estimate of drug-likeness (QED) is 0.761. The molecule has 0 saturated heterocycles. The SMILES string of the molecule is CCCCC(Nc1c(Br)cc(C)cc1Br)C(=O)O. The topological polar surface area (TPSA) is 49.3 Å². The molecule has 0 bridgehead atoms. The van der Waals surface area contributed by atoms with Gasteiger partial charge in [0.05, 0.1) is 5.69 Å². The van der Waals surface area contributed by atoms with Gasteiger partial charge in [0.1, 0.15) is 6.04 Å². The lowest BCUT2D eigenvalue weighted by atomic mass is 10.1. The van der Waals surface area contributed by atoms with Gasteiger partial charge in [0.2, 0.25) is 0 Å². The molecule has 5 heteroatoms. The van der Waals surface area contributed by atoms with Crippen molar-refractivity contribution in [1.29, 1.82) is 0 Å². The van der Waals surface area contributed by atoms with Gasteiger partial charge in [-0.25, -0.2) is 4.79 Å². The summed E-state index contributed by atoms with van der Waals surface area (Å²) in [5.41, 5.74) is 1.91. The second kappa shape index (κ2) is 7.14. The second-order valence-corrected chi connectivity index (χ2v) is 5.99. The highest BCUT2D eigenvalue weighted by molar-refractivity contribution is 9.11. The van der Waals surface area contributed by atoms with E-state index in [1.165, 1.54) is 0 Å². The fraction of sp³-hybridized carbons (Fsp3) is 0.462. The number of aryl methyl sites for hydroxylation is 1. The highest BCUT2D eigenvalue weighted by atomic mass is 79.9. The van der Waals surface area contributed by atoms with Crippen molar-refractivity contribution >= 4 is 43.5 Å². The molecule has 0 aliphatic heterocycles. The summed E-state index contributed by atoms with van der Waals surface area (Å²) in [7, 11) is 0. The summed E-state index contributed by atoms with van der Waals surface area (Å²) in [4.78, 5) is 11.2. The summed E-state index contributed by atoms with van der Waals surface area (Å²) < 4.78 is 1.74. The predicted octanol–water partition coefficient (Wildman–Crippen LogP) is 4.58. The van der Waals surface area contributed by atoms with Crippen LogP contribution in [-0.4, -0.2) is 17.1 Å². The number of hydrogen-bond acceptors (Lipinski definition) is 2. The Morgan fingerprint density at radius 3 is 2.39 bits per heavy atom. The van der Waals surface area contributed by atoms with Gasteiger partial charge in [-0.15, -0.1) is 0 Å². The number of nitrogens with one attached hydrogen (secondary N) is 1. The highest BCUT2D eigenvalue weighted by Crippen LogP contribution is 2.33. The van der Waals surface area contributed by atoms with Crippen molar-refractivity contribution in [2.75, 3.05) is 5.32 Å². The molecule has 2 N–H and O–H groups in total. The van der Waals surface area contributed by atoms with Crippen LogP contribution in [0.1, 0.15) is 31.7 Å². The van der Waals surface area contributed by atoms with Gasteiger partial charge in [-0.3, -0.25) is 0 Å². The van der Waals surface area contributed by atoms with Crippen molar-refractivity contribution < 1.29 is 9.90 Å². The molecule has 1 aromatic rings. The Morgan fingerprint density at radius 1 is 1.39 bits per heavy atom. The lowest BCUT2D eigenvalue weighted by molar-refractivity contribution is -0.138. The van der Waals surface area contributed by atoms with Crippen molar-refractivity contribution in [3.8, 4) is 0 Å².